The third kappa shape index (κ3) is 6.34. The summed E-state index contributed by atoms with van der Waals surface area (Å²) in [6, 6.07) is 10.8. The molecule has 1 atom stereocenters. The van der Waals surface area contributed by atoms with E-state index in [1.807, 2.05) is 25.1 Å². The molecule has 1 unspecified atom stereocenters. The van der Waals surface area contributed by atoms with Crippen LogP contribution in [0.15, 0.2) is 42.6 Å². The molecule has 0 aliphatic rings. The quantitative estimate of drug-likeness (QED) is 0.646. The molecule has 0 bridgehead atoms. The molecule has 0 aliphatic heterocycles. The second kappa shape index (κ2) is 9.74. The number of nitrogens with one attached hydrogen (secondary N) is 3. The lowest BCUT2D eigenvalue weighted by atomic mass is 10.2. The van der Waals surface area contributed by atoms with Gasteiger partial charge in [0.05, 0.1) is 18.3 Å². The van der Waals surface area contributed by atoms with Gasteiger partial charge in [0.25, 0.3) is 0 Å². The summed E-state index contributed by atoms with van der Waals surface area (Å²) in [6.07, 6.45) is 0.00281. The predicted molar refractivity (Wildman–Crippen MR) is 99.8 cm³/mol. The minimum absolute atomic E-state index is 0.0273. The first-order valence-electron chi connectivity index (χ1n) is 8.05. The van der Waals surface area contributed by atoms with Crippen LogP contribution in [0.3, 0.4) is 0 Å². The molecule has 3 N–H and O–H groups in total. The van der Waals surface area contributed by atoms with E-state index in [9.17, 15) is 9.59 Å². The SMILES string of the molecule is CNC(=O)CC(NCc1ccccc1Cl)OC(=O)Nc1ccc(C)nc1. The molecular formula is C18H21ClN4O3. The van der Waals surface area contributed by atoms with Crippen molar-refractivity contribution < 1.29 is 14.3 Å². The number of hydrogen-bond acceptors (Lipinski definition) is 5. The Kier molecular flexibility index (Phi) is 7.37. The highest BCUT2D eigenvalue weighted by molar-refractivity contribution is 6.31. The highest BCUT2D eigenvalue weighted by Crippen LogP contribution is 2.15. The Morgan fingerprint density at radius 2 is 2.00 bits per heavy atom. The molecule has 1 heterocycles. The van der Waals surface area contributed by atoms with Crippen LogP contribution in [-0.2, 0) is 16.1 Å². The Morgan fingerprint density at radius 3 is 2.65 bits per heavy atom. The molecule has 0 radical (unpaired) electrons. The monoisotopic (exact) mass is 376 g/mol. The number of ether oxygens (including phenoxy) is 1. The number of anilines is 1. The van der Waals surface area contributed by atoms with Gasteiger partial charge in [0, 0.05) is 24.3 Å². The van der Waals surface area contributed by atoms with E-state index in [2.05, 4.69) is 20.9 Å². The van der Waals surface area contributed by atoms with Crippen molar-refractivity contribution in [2.75, 3.05) is 12.4 Å². The second-order valence-electron chi connectivity index (χ2n) is 5.56. The third-order valence-corrected chi connectivity index (χ3v) is 3.90. The van der Waals surface area contributed by atoms with Crippen LogP contribution < -0.4 is 16.0 Å². The van der Waals surface area contributed by atoms with Crippen LogP contribution in [0.2, 0.25) is 5.02 Å². The zero-order chi connectivity index (χ0) is 18.9. The molecule has 1 aromatic carbocycles. The molecule has 138 valence electrons. The molecule has 0 saturated heterocycles. The maximum Gasteiger partial charge on any atom is 0.413 e. The van der Waals surface area contributed by atoms with Crippen molar-refractivity contribution in [3.05, 3.63) is 58.9 Å². The number of hydrogen-bond donors (Lipinski definition) is 3. The maximum absolute atomic E-state index is 12.1. The Hall–Kier alpha value is -2.64. The van der Waals surface area contributed by atoms with Crippen molar-refractivity contribution in [2.45, 2.75) is 26.1 Å². The van der Waals surface area contributed by atoms with Gasteiger partial charge in [-0.2, -0.15) is 0 Å². The van der Waals surface area contributed by atoms with Crippen LogP contribution in [0.1, 0.15) is 17.7 Å². The summed E-state index contributed by atoms with van der Waals surface area (Å²) < 4.78 is 5.33. The Balaban J connectivity index is 1.97. The number of nitrogens with zero attached hydrogens (tertiary/aromatic N) is 1. The van der Waals surface area contributed by atoms with Gasteiger partial charge in [-0.15, -0.1) is 0 Å². The number of aryl methyl sites for hydroxylation is 1. The molecule has 2 rings (SSSR count). The number of halogens is 1. The first-order valence-corrected chi connectivity index (χ1v) is 8.43. The predicted octanol–water partition coefficient (Wildman–Crippen LogP) is 2.84. The highest BCUT2D eigenvalue weighted by Gasteiger charge is 2.18. The van der Waals surface area contributed by atoms with Crippen LogP contribution in [0.5, 0.6) is 0 Å². The van der Waals surface area contributed by atoms with Gasteiger partial charge >= 0.3 is 6.09 Å². The molecule has 1 aromatic heterocycles. The van der Waals surface area contributed by atoms with E-state index in [4.69, 9.17) is 16.3 Å². The van der Waals surface area contributed by atoms with E-state index < -0.39 is 12.3 Å². The van der Waals surface area contributed by atoms with Gasteiger partial charge in [0.15, 0.2) is 6.23 Å². The number of amides is 2. The fraction of sp³-hybridized carbons (Fsp3) is 0.278. The van der Waals surface area contributed by atoms with Crippen molar-refractivity contribution in [1.29, 1.82) is 0 Å². The highest BCUT2D eigenvalue weighted by atomic mass is 35.5. The normalized spacial score (nSPS) is 11.5. The van der Waals surface area contributed by atoms with Crippen LogP contribution in [0, 0.1) is 6.92 Å². The maximum atomic E-state index is 12.1. The lowest BCUT2D eigenvalue weighted by molar-refractivity contribution is -0.122. The zero-order valence-corrected chi connectivity index (χ0v) is 15.3. The Morgan fingerprint density at radius 1 is 1.23 bits per heavy atom. The molecule has 26 heavy (non-hydrogen) atoms. The Bertz CT molecular complexity index is 752. The molecule has 2 aromatic rings. The topological polar surface area (TPSA) is 92.4 Å². The fourth-order valence-corrected chi connectivity index (χ4v) is 2.31. The molecular weight excluding hydrogens is 356 g/mol. The Labute approximate surface area is 157 Å². The standard InChI is InChI=1S/C18H21ClN4O3/c1-12-7-8-14(11-21-12)23-18(25)26-17(9-16(24)20-2)22-10-13-5-3-4-6-15(13)19/h3-8,11,17,22H,9-10H2,1-2H3,(H,20,24)(H,23,25). The molecule has 7 nitrogen and oxygen atoms in total. The smallest absolute Gasteiger partial charge is 0.413 e. The fourth-order valence-electron chi connectivity index (χ4n) is 2.11. The largest absolute Gasteiger partial charge is 0.430 e. The number of pyridine rings is 1. The summed E-state index contributed by atoms with van der Waals surface area (Å²) in [4.78, 5) is 27.9. The van der Waals surface area contributed by atoms with Crippen LogP contribution in [-0.4, -0.2) is 30.3 Å². The first kappa shape index (κ1) is 19.7. The van der Waals surface area contributed by atoms with Crippen molar-refractivity contribution in [1.82, 2.24) is 15.6 Å². The summed E-state index contributed by atoms with van der Waals surface area (Å²) in [5.74, 6) is -0.258. The van der Waals surface area contributed by atoms with E-state index in [1.165, 1.54) is 13.2 Å². The summed E-state index contributed by atoms with van der Waals surface area (Å²) in [5, 5.41) is 8.70. The van der Waals surface area contributed by atoms with Crippen LogP contribution >= 0.6 is 11.6 Å². The van der Waals surface area contributed by atoms with E-state index in [1.54, 1.807) is 18.2 Å². The molecule has 8 heteroatoms. The molecule has 2 amide bonds. The van der Waals surface area contributed by atoms with Crippen molar-refractivity contribution in [2.24, 2.45) is 0 Å². The average molecular weight is 377 g/mol. The summed E-state index contributed by atoms with van der Waals surface area (Å²) in [5.41, 5.74) is 2.18. The van der Waals surface area contributed by atoms with E-state index in [0.717, 1.165) is 11.3 Å². The molecule has 0 fully saturated rings. The number of benzene rings is 1. The summed E-state index contributed by atoms with van der Waals surface area (Å²) >= 11 is 6.12. The second-order valence-corrected chi connectivity index (χ2v) is 5.96. The summed E-state index contributed by atoms with van der Waals surface area (Å²) in [6.45, 7) is 2.20. The van der Waals surface area contributed by atoms with Gasteiger partial charge in [-0.25, -0.2) is 4.79 Å². The van der Waals surface area contributed by atoms with Crippen LogP contribution in [0.4, 0.5) is 10.5 Å². The van der Waals surface area contributed by atoms with Gasteiger partial charge < -0.3 is 10.1 Å². The van der Waals surface area contributed by atoms with Gasteiger partial charge in [-0.05, 0) is 30.7 Å². The minimum atomic E-state index is -0.815. The molecule has 0 saturated carbocycles. The van der Waals surface area contributed by atoms with Crippen LogP contribution in [0.25, 0.3) is 0 Å². The van der Waals surface area contributed by atoms with E-state index in [-0.39, 0.29) is 12.3 Å². The lowest BCUT2D eigenvalue weighted by Gasteiger charge is -2.19. The van der Waals surface area contributed by atoms with Gasteiger partial charge in [0.2, 0.25) is 5.91 Å². The number of carbonyl (C=O) groups excluding carboxylic acids is 2. The van der Waals surface area contributed by atoms with Gasteiger partial charge in [-0.1, -0.05) is 29.8 Å². The lowest BCUT2D eigenvalue weighted by Crippen LogP contribution is -2.39. The molecule has 0 aliphatic carbocycles. The van der Waals surface area contributed by atoms with Gasteiger partial charge in [-0.3, -0.25) is 20.4 Å². The van der Waals surface area contributed by atoms with Gasteiger partial charge in [0.1, 0.15) is 0 Å². The average Bonchev–Trinajstić information content (AvgIpc) is 2.62. The zero-order valence-electron chi connectivity index (χ0n) is 14.6. The van der Waals surface area contributed by atoms with E-state index >= 15 is 0 Å². The first-order chi connectivity index (χ1) is 12.5. The van der Waals surface area contributed by atoms with Crippen molar-refractivity contribution >= 4 is 29.3 Å². The third-order valence-electron chi connectivity index (χ3n) is 3.53. The number of rotatable bonds is 7. The van der Waals surface area contributed by atoms with Crippen molar-refractivity contribution in [3.63, 3.8) is 0 Å². The minimum Gasteiger partial charge on any atom is -0.430 e. The number of carbonyl (C=O) groups is 2. The van der Waals surface area contributed by atoms with Crippen molar-refractivity contribution in [3.8, 4) is 0 Å². The summed E-state index contributed by atoms with van der Waals surface area (Å²) in [7, 11) is 1.52. The molecule has 0 spiro atoms. The number of aromatic nitrogens is 1. The van der Waals surface area contributed by atoms with E-state index in [0.29, 0.717) is 17.3 Å².